The number of hydrogen-bond donors (Lipinski definition) is 0. The van der Waals surface area contributed by atoms with Crippen LogP contribution in [0, 0.1) is 5.92 Å². The van der Waals surface area contributed by atoms with E-state index in [9.17, 15) is 9.59 Å². The molecule has 0 aromatic heterocycles. The van der Waals surface area contributed by atoms with Gasteiger partial charge in [-0.3, -0.25) is 4.79 Å². The monoisotopic (exact) mass is 569 g/mol. The number of fused-ring (bicyclic) bond motifs is 1. The summed E-state index contributed by atoms with van der Waals surface area (Å²) in [5, 5.41) is 0. The molecule has 42 heavy (non-hydrogen) atoms. The smallest absolute Gasteiger partial charge is 0.345 e. The summed E-state index contributed by atoms with van der Waals surface area (Å²) in [7, 11) is 0. The number of esters is 1. The second kappa shape index (κ2) is 13.5. The van der Waals surface area contributed by atoms with Crippen LogP contribution in [-0.2, 0) is 28.9 Å². The number of ether oxygens (including phenoxy) is 3. The lowest BCUT2D eigenvalue weighted by atomic mass is 10.0. The minimum Gasteiger partial charge on any atom is -0.494 e. The van der Waals surface area contributed by atoms with E-state index in [0.717, 1.165) is 49.3 Å². The lowest BCUT2D eigenvalue weighted by Crippen LogP contribution is -2.39. The Morgan fingerprint density at radius 2 is 1.55 bits per heavy atom. The van der Waals surface area contributed by atoms with Gasteiger partial charge in [-0.15, -0.1) is 0 Å². The van der Waals surface area contributed by atoms with E-state index < -0.39 is 11.8 Å². The molecule has 2 aliphatic rings. The molecule has 222 valence electrons. The van der Waals surface area contributed by atoms with E-state index in [1.807, 2.05) is 23.1 Å². The van der Waals surface area contributed by atoms with Gasteiger partial charge >= 0.3 is 5.97 Å². The van der Waals surface area contributed by atoms with Crippen molar-refractivity contribution >= 4 is 17.6 Å². The maximum Gasteiger partial charge on any atom is 0.345 e. The summed E-state index contributed by atoms with van der Waals surface area (Å²) in [6.45, 7) is 6.72. The molecule has 1 aliphatic heterocycles. The van der Waals surface area contributed by atoms with Crippen molar-refractivity contribution in [1.82, 2.24) is 0 Å². The highest BCUT2D eigenvalue weighted by atomic mass is 16.7. The Morgan fingerprint density at radius 1 is 0.905 bits per heavy atom. The predicted octanol–water partition coefficient (Wildman–Crippen LogP) is 8.05. The van der Waals surface area contributed by atoms with Gasteiger partial charge in [0.1, 0.15) is 17.1 Å². The van der Waals surface area contributed by atoms with Gasteiger partial charge in [0.15, 0.2) is 0 Å². The maximum atomic E-state index is 13.7. The summed E-state index contributed by atoms with van der Waals surface area (Å²) in [5.41, 5.74) is 4.70. The number of nitrogens with zero attached hydrogens (tertiary/aromatic N) is 1. The van der Waals surface area contributed by atoms with Crippen LogP contribution in [-0.4, -0.2) is 24.3 Å². The second-order valence-corrected chi connectivity index (χ2v) is 12.0. The van der Waals surface area contributed by atoms with Crippen molar-refractivity contribution in [1.29, 1.82) is 0 Å². The molecular formula is C36H43NO5. The van der Waals surface area contributed by atoms with Crippen LogP contribution in [0.15, 0.2) is 66.7 Å². The molecule has 3 aromatic rings. The molecule has 0 spiro atoms. The normalized spacial score (nSPS) is 15.9. The number of cyclic esters (lactones) is 1. The number of benzene rings is 3. The number of carbonyl (C=O) groups excluding carboxylic acids is 2. The van der Waals surface area contributed by atoms with Gasteiger partial charge in [-0.05, 0) is 72.6 Å². The van der Waals surface area contributed by atoms with Gasteiger partial charge < -0.3 is 19.1 Å². The highest BCUT2D eigenvalue weighted by Gasteiger charge is 2.34. The third-order valence-electron chi connectivity index (χ3n) is 8.20. The van der Waals surface area contributed by atoms with Gasteiger partial charge in [0, 0.05) is 32.0 Å². The Balaban J connectivity index is 1.28. The predicted molar refractivity (Wildman–Crippen MR) is 165 cm³/mol. The fraction of sp³-hybridized carbons (Fsp3) is 0.444. The van der Waals surface area contributed by atoms with Crippen LogP contribution >= 0.6 is 0 Å². The van der Waals surface area contributed by atoms with E-state index in [2.05, 4.69) is 43.3 Å². The quantitative estimate of drug-likeness (QED) is 0.207. The van der Waals surface area contributed by atoms with Crippen molar-refractivity contribution < 1.29 is 23.8 Å². The zero-order valence-electron chi connectivity index (χ0n) is 25.2. The number of carbonyl (C=O) groups is 2. The molecule has 0 unspecified atom stereocenters. The van der Waals surface area contributed by atoms with Crippen molar-refractivity contribution in [3.05, 3.63) is 89.0 Å². The number of anilines is 1. The van der Waals surface area contributed by atoms with E-state index in [1.54, 1.807) is 26.0 Å². The molecule has 1 amide bonds. The summed E-state index contributed by atoms with van der Waals surface area (Å²) >= 11 is 0. The molecule has 1 saturated carbocycles. The SMILES string of the molecule is CCCOc1ccc(CCc2ccc(CN(C(=O)CCC3CCCC3)c3ccc4c(c3)OC(C)(C)OC4=O)cc2)cc1. The molecule has 6 nitrogen and oxygen atoms in total. The third-order valence-corrected chi connectivity index (χ3v) is 8.20. The zero-order chi connectivity index (χ0) is 29.5. The molecule has 5 rings (SSSR count). The Kier molecular flexibility index (Phi) is 9.51. The van der Waals surface area contributed by atoms with Crippen LogP contribution in [0.1, 0.15) is 92.8 Å². The van der Waals surface area contributed by atoms with Crippen molar-refractivity contribution in [3.8, 4) is 11.5 Å². The molecule has 0 N–H and O–H groups in total. The first-order chi connectivity index (χ1) is 20.3. The Labute approximate surface area is 250 Å². The molecule has 0 saturated heterocycles. The number of hydrogen-bond acceptors (Lipinski definition) is 5. The minimum atomic E-state index is -1.05. The molecule has 1 heterocycles. The van der Waals surface area contributed by atoms with E-state index in [1.165, 1.54) is 36.8 Å². The fourth-order valence-corrected chi connectivity index (χ4v) is 5.84. The maximum absolute atomic E-state index is 13.7. The van der Waals surface area contributed by atoms with Crippen LogP contribution in [0.25, 0.3) is 0 Å². The average molecular weight is 570 g/mol. The van der Waals surface area contributed by atoms with Crippen LogP contribution in [0.5, 0.6) is 11.5 Å². The fourth-order valence-electron chi connectivity index (χ4n) is 5.84. The first kappa shape index (κ1) is 29.7. The molecule has 0 atom stereocenters. The summed E-state index contributed by atoms with van der Waals surface area (Å²) < 4.78 is 17.0. The first-order valence-corrected chi connectivity index (χ1v) is 15.5. The highest BCUT2D eigenvalue weighted by molar-refractivity contribution is 5.97. The van der Waals surface area contributed by atoms with E-state index in [-0.39, 0.29) is 5.91 Å². The standard InChI is InChI=1S/C36H43NO5/c1-4-23-40-31-19-15-28(16-20-31)10-9-27-11-13-29(14-12-27)25-37(34(38)22-17-26-7-5-6-8-26)30-18-21-32-33(24-30)41-36(2,3)42-35(32)39/h11-16,18-21,24,26H,4-10,17,22-23,25H2,1-3H3. The minimum absolute atomic E-state index is 0.0925. The summed E-state index contributed by atoms with van der Waals surface area (Å²) in [4.78, 5) is 28.0. The molecular weight excluding hydrogens is 526 g/mol. The van der Waals surface area contributed by atoms with Crippen molar-refractivity contribution in [3.63, 3.8) is 0 Å². The van der Waals surface area contributed by atoms with E-state index >= 15 is 0 Å². The van der Waals surface area contributed by atoms with Gasteiger partial charge in [-0.25, -0.2) is 4.79 Å². The van der Waals surface area contributed by atoms with Gasteiger partial charge in [0.2, 0.25) is 11.7 Å². The van der Waals surface area contributed by atoms with Gasteiger partial charge in [-0.2, -0.15) is 0 Å². The summed E-state index contributed by atoms with van der Waals surface area (Å²) in [6, 6.07) is 22.2. The lowest BCUT2D eigenvalue weighted by molar-refractivity contribution is -0.127. The largest absolute Gasteiger partial charge is 0.494 e. The lowest BCUT2D eigenvalue weighted by Gasteiger charge is -2.32. The molecule has 3 aromatic carbocycles. The molecule has 1 aliphatic carbocycles. The second-order valence-electron chi connectivity index (χ2n) is 12.0. The number of rotatable bonds is 12. The molecule has 6 heteroatoms. The van der Waals surface area contributed by atoms with Crippen molar-refractivity contribution in [2.75, 3.05) is 11.5 Å². The number of aryl methyl sites for hydroxylation is 2. The van der Waals surface area contributed by atoms with Gasteiger partial charge in [0.25, 0.3) is 0 Å². The Bertz CT molecular complexity index is 1360. The van der Waals surface area contributed by atoms with Crippen molar-refractivity contribution in [2.45, 2.75) is 90.9 Å². The van der Waals surface area contributed by atoms with Crippen LogP contribution in [0.3, 0.4) is 0 Å². The average Bonchev–Trinajstić information content (AvgIpc) is 3.50. The van der Waals surface area contributed by atoms with Crippen LogP contribution in [0.2, 0.25) is 0 Å². The Hall–Kier alpha value is -3.80. The van der Waals surface area contributed by atoms with Crippen LogP contribution in [0.4, 0.5) is 5.69 Å². The third kappa shape index (κ3) is 7.72. The summed E-state index contributed by atoms with van der Waals surface area (Å²) in [5.74, 6) is 0.626. The first-order valence-electron chi connectivity index (χ1n) is 15.5. The van der Waals surface area contributed by atoms with Gasteiger partial charge in [-0.1, -0.05) is 69.0 Å². The van der Waals surface area contributed by atoms with Gasteiger partial charge in [0.05, 0.1) is 13.2 Å². The zero-order valence-corrected chi connectivity index (χ0v) is 25.2. The highest BCUT2D eigenvalue weighted by Crippen LogP contribution is 2.35. The van der Waals surface area contributed by atoms with Crippen molar-refractivity contribution in [2.24, 2.45) is 5.92 Å². The number of amides is 1. The topological polar surface area (TPSA) is 65.1 Å². The van der Waals surface area contributed by atoms with E-state index in [0.29, 0.717) is 30.2 Å². The summed E-state index contributed by atoms with van der Waals surface area (Å²) in [6.07, 6.45) is 9.28. The molecule has 0 bridgehead atoms. The van der Waals surface area contributed by atoms with E-state index in [4.69, 9.17) is 14.2 Å². The van der Waals surface area contributed by atoms with Crippen LogP contribution < -0.4 is 14.4 Å². The Morgan fingerprint density at radius 3 is 2.21 bits per heavy atom. The molecule has 0 radical (unpaired) electrons. The molecule has 1 fully saturated rings.